The molecule has 1 aromatic heterocycles. The topological polar surface area (TPSA) is 36.7 Å². The fourth-order valence-corrected chi connectivity index (χ4v) is 2.67. The third-order valence-corrected chi connectivity index (χ3v) is 4.02. The summed E-state index contributed by atoms with van der Waals surface area (Å²) in [7, 11) is 0. The lowest BCUT2D eigenvalue weighted by Crippen LogP contribution is -2.04. The molecule has 2 nitrogen and oxygen atoms in total. The van der Waals surface area contributed by atoms with Gasteiger partial charge in [-0.05, 0) is 31.4 Å². The molecule has 0 amide bonds. The van der Waals surface area contributed by atoms with Gasteiger partial charge in [0, 0.05) is 11.6 Å². The van der Waals surface area contributed by atoms with Crippen molar-refractivity contribution in [2.24, 2.45) is 0 Å². The molecule has 110 valence electrons. The Kier molecular flexibility index (Phi) is 7.95. The molecule has 1 heterocycles. The summed E-state index contributed by atoms with van der Waals surface area (Å²) in [6.45, 7) is 6.56. The molecule has 0 N–H and O–H groups in total. The second kappa shape index (κ2) is 9.53. The van der Waals surface area contributed by atoms with Gasteiger partial charge in [-0.15, -0.1) is 0 Å². The zero-order chi connectivity index (χ0) is 14.8. The Morgan fingerprint density at radius 1 is 1.10 bits per heavy atom. The summed E-state index contributed by atoms with van der Waals surface area (Å²) in [5.74, 6) is 0.551. The summed E-state index contributed by atoms with van der Waals surface area (Å²) in [5.41, 5.74) is 2.86. The van der Waals surface area contributed by atoms with Crippen LogP contribution in [0.2, 0.25) is 0 Å². The third kappa shape index (κ3) is 4.96. The molecule has 0 saturated heterocycles. The lowest BCUT2D eigenvalue weighted by molar-refractivity contribution is 0.525. The monoisotopic (exact) mass is 272 g/mol. The minimum atomic E-state index is 0.551. The molecule has 0 aromatic carbocycles. The van der Waals surface area contributed by atoms with Gasteiger partial charge in [0.1, 0.15) is 6.07 Å². The van der Waals surface area contributed by atoms with Crippen LogP contribution in [-0.4, -0.2) is 4.98 Å². The average molecular weight is 272 g/mol. The molecule has 2 heteroatoms. The molecule has 0 radical (unpaired) electrons. The number of nitrogens with zero attached hydrogens (tertiary/aromatic N) is 2. The molecule has 0 bridgehead atoms. The standard InChI is InChI=1S/C18H28N2/c1-4-7-8-9-10-11-15(5-2)18-13-12-16(14-19)17(6-3)20-18/h12-13,15H,4-11H2,1-3H3. The predicted molar refractivity (Wildman–Crippen MR) is 84.7 cm³/mol. The minimum Gasteiger partial charge on any atom is -0.256 e. The van der Waals surface area contributed by atoms with E-state index < -0.39 is 0 Å². The average Bonchev–Trinajstić information content (AvgIpc) is 2.50. The van der Waals surface area contributed by atoms with Crippen molar-refractivity contribution < 1.29 is 0 Å². The van der Waals surface area contributed by atoms with Gasteiger partial charge in [0.15, 0.2) is 0 Å². The van der Waals surface area contributed by atoms with Gasteiger partial charge < -0.3 is 0 Å². The molecule has 1 atom stereocenters. The van der Waals surface area contributed by atoms with E-state index in [1.807, 2.05) is 6.07 Å². The van der Waals surface area contributed by atoms with E-state index in [0.717, 1.165) is 24.1 Å². The Bertz CT molecular complexity index is 432. The summed E-state index contributed by atoms with van der Waals surface area (Å²) in [6, 6.07) is 6.23. The first-order valence-electron chi connectivity index (χ1n) is 8.16. The Morgan fingerprint density at radius 3 is 2.45 bits per heavy atom. The Labute approximate surface area is 124 Å². The predicted octanol–water partition coefficient (Wildman–Crippen LogP) is 5.37. The first-order valence-corrected chi connectivity index (χ1v) is 8.16. The van der Waals surface area contributed by atoms with Gasteiger partial charge in [0.2, 0.25) is 0 Å². The minimum absolute atomic E-state index is 0.551. The lowest BCUT2D eigenvalue weighted by Gasteiger charge is -2.15. The Hall–Kier alpha value is -1.36. The highest BCUT2D eigenvalue weighted by Crippen LogP contribution is 2.25. The summed E-state index contributed by atoms with van der Waals surface area (Å²) >= 11 is 0. The van der Waals surface area contributed by atoms with Crippen molar-refractivity contribution >= 4 is 0 Å². The van der Waals surface area contributed by atoms with Crippen LogP contribution in [0.5, 0.6) is 0 Å². The third-order valence-electron chi connectivity index (χ3n) is 4.02. The number of aryl methyl sites for hydroxylation is 1. The van der Waals surface area contributed by atoms with E-state index >= 15 is 0 Å². The van der Waals surface area contributed by atoms with Crippen LogP contribution in [-0.2, 0) is 6.42 Å². The summed E-state index contributed by atoms with van der Waals surface area (Å²) in [5, 5.41) is 9.07. The Balaban J connectivity index is 2.63. The van der Waals surface area contributed by atoms with Crippen LogP contribution in [0.4, 0.5) is 0 Å². The van der Waals surface area contributed by atoms with E-state index in [9.17, 15) is 0 Å². The van der Waals surface area contributed by atoms with Gasteiger partial charge in [-0.2, -0.15) is 5.26 Å². The zero-order valence-electron chi connectivity index (χ0n) is 13.3. The second-order valence-corrected chi connectivity index (χ2v) is 5.50. The Morgan fingerprint density at radius 2 is 1.85 bits per heavy atom. The van der Waals surface area contributed by atoms with E-state index in [2.05, 4.69) is 32.9 Å². The van der Waals surface area contributed by atoms with Crippen LogP contribution in [0.15, 0.2) is 12.1 Å². The molecule has 0 spiro atoms. The molecule has 20 heavy (non-hydrogen) atoms. The molecule has 0 fully saturated rings. The van der Waals surface area contributed by atoms with Crippen molar-refractivity contribution in [3.05, 3.63) is 29.1 Å². The van der Waals surface area contributed by atoms with Crippen LogP contribution in [0.25, 0.3) is 0 Å². The highest BCUT2D eigenvalue weighted by molar-refractivity contribution is 5.35. The fraction of sp³-hybridized carbons (Fsp3) is 0.667. The first kappa shape index (κ1) is 16.7. The molecule has 0 saturated carbocycles. The summed E-state index contributed by atoms with van der Waals surface area (Å²) in [4.78, 5) is 4.73. The van der Waals surface area contributed by atoms with Gasteiger partial charge in [0.25, 0.3) is 0 Å². The molecular weight excluding hydrogens is 244 g/mol. The largest absolute Gasteiger partial charge is 0.256 e. The molecule has 0 aliphatic heterocycles. The molecule has 1 aromatic rings. The lowest BCUT2D eigenvalue weighted by atomic mass is 9.93. The number of hydrogen-bond acceptors (Lipinski definition) is 2. The maximum absolute atomic E-state index is 9.07. The van der Waals surface area contributed by atoms with E-state index in [-0.39, 0.29) is 0 Å². The van der Waals surface area contributed by atoms with Gasteiger partial charge in [0.05, 0.1) is 11.3 Å². The molecule has 1 unspecified atom stereocenters. The molecular formula is C18H28N2. The van der Waals surface area contributed by atoms with Crippen molar-refractivity contribution in [1.82, 2.24) is 4.98 Å². The van der Waals surface area contributed by atoms with E-state index in [1.54, 1.807) is 0 Å². The number of nitriles is 1. The van der Waals surface area contributed by atoms with Crippen molar-refractivity contribution in [2.75, 3.05) is 0 Å². The maximum Gasteiger partial charge on any atom is 0.101 e. The smallest absolute Gasteiger partial charge is 0.101 e. The summed E-state index contributed by atoms with van der Waals surface area (Å²) < 4.78 is 0. The number of pyridine rings is 1. The summed E-state index contributed by atoms with van der Waals surface area (Å²) in [6.07, 6.45) is 9.83. The van der Waals surface area contributed by atoms with Crippen LogP contribution in [0, 0.1) is 11.3 Å². The molecule has 0 aliphatic carbocycles. The van der Waals surface area contributed by atoms with Gasteiger partial charge in [-0.1, -0.05) is 52.9 Å². The fourth-order valence-electron chi connectivity index (χ4n) is 2.67. The highest BCUT2D eigenvalue weighted by Gasteiger charge is 2.12. The van der Waals surface area contributed by atoms with Crippen molar-refractivity contribution in [2.45, 2.75) is 78.1 Å². The van der Waals surface area contributed by atoms with Crippen molar-refractivity contribution in [3.63, 3.8) is 0 Å². The highest BCUT2D eigenvalue weighted by atomic mass is 14.7. The van der Waals surface area contributed by atoms with Crippen molar-refractivity contribution in [1.29, 1.82) is 5.26 Å². The molecule has 1 rings (SSSR count). The number of unbranched alkanes of at least 4 members (excludes halogenated alkanes) is 4. The van der Waals surface area contributed by atoms with Crippen LogP contribution in [0.1, 0.15) is 88.6 Å². The second-order valence-electron chi connectivity index (χ2n) is 5.50. The maximum atomic E-state index is 9.07. The van der Waals surface area contributed by atoms with Gasteiger partial charge >= 0.3 is 0 Å². The normalized spacial score (nSPS) is 12.1. The number of aromatic nitrogens is 1. The van der Waals surface area contributed by atoms with E-state index in [0.29, 0.717) is 5.92 Å². The zero-order valence-corrected chi connectivity index (χ0v) is 13.3. The number of hydrogen-bond donors (Lipinski definition) is 0. The SMILES string of the molecule is CCCCCCCC(CC)c1ccc(C#N)c(CC)n1. The van der Waals surface area contributed by atoms with E-state index in [1.165, 1.54) is 44.2 Å². The van der Waals surface area contributed by atoms with Crippen LogP contribution >= 0.6 is 0 Å². The first-order chi connectivity index (χ1) is 9.76. The van der Waals surface area contributed by atoms with Gasteiger partial charge in [-0.25, -0.2) is 0 Å². The van der Waals surface area contributed by atoms with E-state index in [4.69, 9.17) is 10.2 Å². The van der Waals surface area contributed by atoms with Crippen LogP contribution < -0.4 is 0 Å². The van der Waals surface area contributed by atoms with Crippen LogP contribution in [0.3, 0.4) is 0 Å². The van der Waals surface area contributed by atoms with Gasteiger partial charge in [-0.3, -0.25) is 4.98 Å². The quantitative estimate of drug-likeness (QED) is 0.567. The molecule has 0 aliphatic rings. The number of rotatable bonds is 9. The van der Waals surface area contributed by atoms with Crippen molar-refractivity contribution in [3.8, 4) is 6.07 Å².